The van der Waals surface area contributed by atoms with E-state index in [9.17, 15) is 4.79 Å². The molecule has 0 aliphatic rings. The highest BCUT2D eigenvalue weighted by atomic mass is 79.9. The molecule has 0 fully saturated rings. The van der Waals surface area contributed by atoms with Crippen molar-refractivity contribution < 1.29 is 9.53 Å². The topological polar surface area (TPSA) is 38.3 Å². The van der Waals surface area contributed by atoms with Gasteiger partial charge in [0.05, 0.1) is 12.7 Å². The van der Waals surface area contributed by atoms with Crippen molar-refractivity contribution in [3.8, 4) is 5.75 Å². The zero-order valence-electron chi connectivity index (χ0n) is 12.0. The number of halogens is 2. The van der Waals surface area contributed by atoms with Gasteiger partial charge in [-0.15, -0.1) is 0 Å². The van der Waals surface area contributed by atoms with Crippen LogP contribution in [0.3, 0.4) is 0 Å². The third-order valence-corrected chi connectivity index (χ3v) is 3.84. The summed E-state index contributed by atoms with van der Waals surface area (Å²) in [7, 11) is 1.51. The first kappa shape index (κ1) is 15.9. The van der Waals surface area contributed by atoms with Crippen LogP contribution < -0.4 is 10.1 Å². The molecule has 1 amide bonds. The molecule has 1 N–H and O–H groups in total. The summed E-state index contributed by atoms with van der Waals surface area (Å²) in [6, 6.07) is 8.86. The monoisotopic (exact) mass is 367 g/mol. The smallest absolute Gasteiger partial charge is 0.259 e. The highest BCUT2D eigenvalue weighted by Gasteiger charge is 2.15. The van der Waals surface area contributed by atoms with Gasteiger partial charge in [0.1, 0.15) is 5.75 Å². The molecule has 3 nitrogen and oxygen atoms in total. The van der Waals surface area contributed by atoms with Crippen molar-refractivity contribution in [1.82, 2.24) is 0 Å². The van der Waals surface area contributed by atoms with Gasteiger partial charge < -0.3 is 10.1 Å². The maximum atomic E-state index is 12.4. The number of hydrogen-bond donors (Lipinski definition) is 1. The number of amides is 1. The van der Waals surface area contributed by atoms with Gasteiger partial charge in [0.15, 0.2) is 0 Å². The van der Waals surface area contributed by atoms with Gasteiger partial charge in [0, 0.05) is 15.2 Å². The molecule has 0 bridgehead atoms. The fraction of sp³-hybridized carbons (Fsp3) is 0.188. The highest BCUT2D eigenvalue weighted by Crippen LogP contribution is 2.28. The van der Waals surface area contributed by atoms with Crippen molar-refractivity contribution in [1.29, 1.82) is 0 Å². The maximum Gasteiger partial charge on any atom is 0.259 e. The number of methoxy groups -OCH3 is 1. The number of benzene rings is 2. The lowest BCUT2D eigenvalue weighted by Crippen LogP contribution is -2.15. The minimum absolute atomic E-state index is 0.225. The minimum atomic E-state index is -0.225. The van der Waals surface area contributed by atoms with E-state index in [1.165, 1.54) is 7.11 Å². The number of nitrogens with one attached hydrogen (secondary N) is 1. The molecule has 0 saturated heterocycles. The molecule has 2 aromatic rings. The third-order valence-electron chi connectivity index (χ3n) is 3.14. The first-order chi connectivity index (χ1) is 9.92. The SMILES string of the molecule is COc1cc(Cl)ccc1C(=O)Nc1c(C)cc(Br)cc1C. The molecule has 0 saturated carbocycles. The van der Waals surface area contributed by atoms with Crippen LogP contribution >= 0.6 is 27.5 Å². The summed E-state index contributed by atoms with van der Waals surface area (Å²) >= 11 is 9.35. The van der Waals surface area contributed by atoms with Gasteiger partial charge >= 0.3 is 0 Å². The van der Waals surface area contributed by atoms with Crippen molar-refractivity contribution in [3.63, 3.8) is 0 Å². The normalized spacial score (nSPS) is 10.3. The lowest BCUT2D eigenvalue weighted by molar-refractivity contribution is 0.102. The fourth-order valence-electron chi connectivity index (χ4n) is 2.14. The number of carbonyl (C=O) groups excluding carboxylic acids is 1. The number of ether oxygens (including phenoxy) is 1. The standard InChI is InChI=1S/C16H15BrClNO2/c1-9-6-11(17)7-10(2)15(9)19-16(20)13-5-4-12(18)8-14(13)21-3/h4-8H,1-3H3,(H,19,20). The highest BCUT2D eigenvalue weighted by molar-refractivity contribution is 9.10. The second kappa shape index (κ2) is 6.50. The van der Waals surface area contributed by atoms with Gasteiger partial charge in [-0.05, 0) is 55.3 Å². The van der Waals surface area contributed by atoms with Gasteiger partial charge in [0.2, 0.25) is 0 Å². The summed E-state index contributed by atoms with van der Waals surface area (Å²) in [5.74, 6) is 0.226. The molecular formula is C16H15BrClNO2. The van der Waals surface area contributed by atoms with Crippen LogP contribution in [0.25, 0.3) is 0 Å². The number of hydrogen-bond acceptors (Lipinski definition) is 2. The van der Waals surface area contributed by atoms with E-state index in [4.69, 9.17) is 16.3 Å². The van der Waals surface area contributed by atoms with Crippen molar-refractivity contribution in [2.45, 2.75) is 13.8 Å². The molecule has 0 heterocycles. The molecule has 5 heteroatoms. The molecule has 0 spiro atoms. The molecule has 0 aliphatic carbocycles. The third kappa shape index (κ3) is 3.57. The Morgan fingerprint density at radius 3 is 2.38 bits per heavy atom. The van der Waals surface area contributed by atoms with Gasteiger partial charge in [0.25, 0.3) is 5.91 Å². The van der Waals surface area contributed by atoms with Crippen LogP contribution in [0, 0.1) is 13.8 Å². The van der Waals surface area contributed by atoms with Gasteiger partial charge in [-0.25, -0.2) is 0 Å². The number of carbonyl (C=O) groups is 1. The van der Waals surface area contributed by atoms with E-state index in [1.807, 2.05) is 26.0 Å². The van der Waals surface area contributed by atoms with Gasteiger partial charge in [-0.3, -0.25) is 4.79 Å². The number of rotatable bonds is 3. The predicted octanol–water partition coefficient (Wildman–Crippen LogP) is 4.98. The van der Waals surface area contributed by atoms with Crippen LogP contribution in [-0.2, 0) is 0 Å². The molecular weight excluding hydrogens is 354 g/mol. The van der Waals surface area contributed by atoms with Crippen molar-refractivity contribution in [2.75, 3.05) is 12.4 Å². The Morgan fingerprint density at radius 2 is 1.81 bits per heavy atom. The minimum Gasteiger partial charge on any atom is -0.496 e. The molecule has 0 radical (unpaired) electrons. The lowest BCUT2D eigenvalue weighted by atomic mass is 10.1. The Hall–Kier alpha value is -1.52. The Labute approximate surface area is 137 Å². The Balaban J connectivity index is 2.35. The average molecular weight is 369 g/mol. The van der Waals surface area contributed by atoms with Crippen LogP contribution in [0.4, 0.5) is 5.69 Å². The van der Waals surface area contributed by atoms with Crippen LogP contribution in [0.15, 0.2) is 34.8 Å². The van der Waals surface area contributed by atoms with E-state index in [1.54, 1.807) is 18.2 Å². The van der Waals surface area contributed by atoms with E-state index in [0.717, 1.165) is 21.3 Å². The molecule has 0 unspecified atom stereocenters. The summed E-state index contributed by atoms with van der Waals surface area (Å²) in [6.07, 6.45) is 0. The second-order valence-corrected chi connectivity index (χ2v) is 6.07. The molecule has 110 valence electrons. The molecule has 0 aromatic heterocycles. The van der Waals surface area contributed by atoms with Crippen molar-refractivity contribution in [3.05, 3.63) is 56.5 Å². The number of anilines is 1. The van der Waals surface area contributed by atoms with E-state index >= 15 is 0 Å². The molecule has 2 rings (SSSR count). The Kier molecular flexibility index (Phi) is 4.91. The van der Waals surface area contributed by atoms with E-state index in [-0.39, 0.29) is 5.91 Å². The number of aryl methyl sites for hydroxylation is 2. The van der Waals surface area contributed by atoms with Crippen molar-refractivity contribution >= 4 is 39.1 Å². The molecule has 0 aliphatic heterocycles. The first-order valence-electron chi connectivity index (χ1n) is 6.34. The second-order valence-electron chi connectivity index (χ2n) is 4.71. The fourth-order valence-corrected chi connectivity index (χ4v) is 2.99. The predicted molar refractivity (Wildman–Crippen MR) is 89.6 cm³/mol. The summed E-state index contributed by atoms with van der Waals surface area (Å²) in [4.78, 5) is 12.4. The van der Waals surface area contributed by atoms with Gasteiger partial charge in [-0.2, -0.15) is 0 Å². The quantitative estimate of drug-likeness (QED) is 0.829. The van der Waals surface area contributed by atoms with E-state index in [0.29, 0.717) is 16.3 Å². The van der Waals surface area contributed by atoms with Crippen LogP contribution in [0.1, 0.15) is 21.5 Å². The summed E-state index contributed by atoms with van der Waals surface area (Å²) in [5.41, 5.74) is 3.23. The van der Waals surface area contributed by atoms with Crippen LogP contribution in [0.5, 0.6) is 5.75 Å². The van der Waals surface area contributed by atoms with Crippen LogP contribution in [-0.4, -0.2) is 13.0 Å². The average Bonchev–Trinajstić information content (AvgIpc) is 2.42. The zero-order valence-corrected chi connectivity index (χ0v) is 14.3. The summed E-state index contributed by atoms with van der Waals surface area (Å²) < 4.78 is 6.20. The Bertz CT molecular complexity index is 678. The summed E-state index contributed by atoms with van der Waals surface area (Å²) in [6.45, 7) is 3.90. The zero-order chi connectivity index (χ0) is 15.6. The van der Waals surface area contributed by atoms with Gasteiger partial charge in [-0.1, -0.05) is 27.5 Å². The van der Waals surface area contributed by atoms with Crippen LogP contribution in [0.2, 0.25) is 5.02 Å². The largest absolute Gasteiger partial charge is 0.496 e. The first-order valence-corrected chi connectivity index (χ1v) is 7.51. The van der Waals surface area contributed by atoms with Crippen molar-refractivity contribution in [2.24, 2.45) is 0 Å². The maximum absolute atomic E-state index is 12.4. The molecule has 0 atom stereocenters. The molecule has 2 aromatic carbocycles. The Morgan fingerprint density at radius 1 is 1.19 bits per heavy atom. The van der Waals surface area contributed by atoms with E-state index < -0.39 is 0 Å². The van der Waals surface area contributed by atoms with E-state index in [2.05, 4.69) is 21.2 Å². The molecule has 21 heavy (non-hydrogen) atoms. The lowest BCUT2D eigenvalue weighted by Gasteiger charge is -2.14. The summed E-state index contributed by atoms with van der Waals surface area (Å²) in [5, 5.41) is 3.46.